The molecule has 126 valence electrons. The highest BCUT2D eigenvalue weighted by molar-refractivity contribution is 9.10. The summed E-state index contributed by atoms with van der Waals surface area (Å²) in [5, 5.41) is 0. The lowest BCUT2D eigenvalue weighted by Crippen LogP contribution is -2.46. The van der Waals surface area contributed by atoms with Gasteiger partial charge in [0.2, 0.25) is 11.7 Å². The predicted molar refractivity (Wildman–Crippen MR) is 81.7 cm³/mol. The maximum absolute atomic E-state index is 12.0. The third-order valence-corrected chi connectivity index (χ3v) is 3.69. The Labute approximate surface area is 141 Å². The Balaban J connectivity index is 1.76. The van der Waals surface area contributed by atoms with Gasteiger partial charge in [-0.25, -0.2) is 4.79 Å². The molecule has 9 heteroatoms. The van der Waals surface area contributed by atoms with E-state index in [1.54, 1.807) is 11.0 Å². The lowest BCUT2D eigenvalue weighted by molar-refractivity contribution is -0.143. The van der Waals surface area contributed by atoms with E-state index in [-0.39, 0.29) is 18.2 Å². The first-order valence-electron chi connectivity index (χ1n) is 6.99. The molecule has 0 N–H and O–H groups in total. The van der Waals surface area contributed by atoms with Gasteiger partial charge in [0.1, 0.15) is 0 Å². The van der Waals surface area contributed by atoms with Crippen LogP contribution in [-0.2, 0) is 19.1 Å². The Morgan fingerprint density at radius 1 is 1.30 bits per heavy atom. The molecule has 0 aromatic carbocycles. The maximum Gasteiger partial charge on any atom is 0.374 e. The number of ether oxygens (including phenoxy) is 2. The van der Waals surface area contributed by atoms with E-state index >= 15 is 0 Å². The van der Waals surface area contributed by atoms with Crippen LogP contribution >= 0.6 is 15.9 Å². The number of hydrogen-bond acceptors (Lipinski definition) is 6. The van der Waals surface area contributed by atoms with Crippen molar-refractivity contribution in [1.82, 2.24) is 9.80 Å². The Bertz CT molecular complexity index is 582. The zero-order valence-electron chi connectivity index (χ0n) is 12.6. The van der Waals surface area contributed by atoms with Gasteiger partial charge in [-0.15, -0.1) is 0 Å². The second-order valence-corrected chi connectivity index (χ2v) is 5.70. The van der Waals surface area contributed by atoms with Crippen molar-refractivity contribution in [2.75, 3.05) is 46.5 Å². The summed E-state index contributed by atoms with van der Waals surface area (Å²) in [7, 11) is 1.48. The minimum absolute atomic E-state index is 0.00304. The summed E-state index contributed by atoms with van der Waals surface area (Å²) in [5.74, 6) is -1.37. The van der Waals surface area contributed by atoms with Crippen LogP contribution in [0.25, 0.3) is 0 Å². The number of esters is 1. The Hall–Kier alpha value is -1.87. The number of halogens is 1. The molecule has 0 aliphatic carbocycles. The number of nitrogens with zero attached hydrogens (tertiary/aromatic N) is 2. The van der Waals surface area contributed by atoms with Crippen molar-refractivity contribution in [3.8, 4) is 0 Å². The average Bonchev–Trinajstić information content (AvgIpc) is 2.99. The van der Waals surface area contributed by atoms with Crippen molar-refractivity contribution in [3.63, 3.8) is 0 Å². The van der Waals surface area contributed by atoms with Crippen molar-refractivity contribution in [1.29, 1.82) is 0 Å². The van der Waals surface area contributed by atoms with Gasteiger partial charge in [0.15, 0.2) is 11.3 Å². The SMILES string of the molecule is CN(CC(=O)N1CCOCC1)C(=O)COC(=O)c1ccc(Br)o1. The van der Waals surface area contributed by atoms with Crippen LogP contribution in [0.4, 0.5) is 0 Å². The number of hydrogen-bond donors (Lipinski definition) is 0. The summed E-state index contributed by atoms with van der Waals surface area (Å²) in [4.78, 5) is 38.5. The average molecular weight is 389 g/mol. The monoisotopic (exact) mass is 388 g/mol. The second kappa shape index (κ2) is 8.11. The quantitative estimate of drug-likeness (QED) is 0.683. The molecule has 2 amide bonds. The maximum atomic E-state index is 12.0. The van der Waals surface area contributed by atoms with Gasteiger partial charge in [-0.1, -0.05) is 0 Å². The van der Waals surface area contributed by atoms with Crippen LogP contribution in [0, 0.1) is 0 Å². The Morgan fingerprint density at radius 3 is 2.61 bits per heavy atom. The molecule has 1 fully saturated rings. The summed E-state index contributed by atoms with van der Waals surface area (Å²) in [6.07, 6.45) is 0. The van der Waals surface area contributed by atoms with E-state index in [1.807, 2.05) is 0 Å². The van der Waals surface area contributed by atoms with E-state index in [4.69, 9.17) is 13.9 Å². The molecule has 0 unspecified atom stereocenters. The number of carbonyl (C=O) groups excluding carboxylic acids is 3. The van der Waals surface area contributed by atoms with E-state index < -0.39 is 18.5 Å². The highest BCUT2D eigenvalue weighted by Crippen LogP contribution is 2.14. The van der Waals surface area contributed by atoms with Gasteiger partial charge in [-0.2, -0.15) is 0 Å². The fraction of sp³-hybridized carbons (Fsp3) is 0.500. The van der Waals surface area contributed by atoms with Crippen LogP contribution in [0.3, 0.4) is 0 Å². The molecule has 0 atom stereocenters. The lowest BCUT2D eigenvalue weighted by Gasteiger charge is -2.28. The second-order valence-electron chi connectivity index (χ2n) is 4.92. The Morgan fingerprint density at radius 2 is 2.00 bits per heavy atom. The van der Waals surface area contributed by atoms with Crippen molar-refractivity contribution in [2.45, 2.75) is 0 Å². The summed E-state index contributed by atoms with van der Waals surface area (Å²) >= 11 is 3.07. The largest absolute Gasteiger partial charge is 0.450 e. The van der Waals surface area contributed by atoms with E-state index in [2.05, 4.69) is 15.9 Å². The molecule has 2 rings (SSSR count). The molecule has 0 radical (unpaired) electrons. The highest BCUT2D eigenvalue weighted by atomic mass is 79.9. The van der Waals surface area contributed by atoms with Crippen molar-refractivity contribution < 1.29 is 28.3 Å². The lowest BCUT2D eigenvalue weighted by atomic mass is 10.3. The molecule has 0 saturated carbocycles. The van der Waals surface area contributed by atoms with Crippen LogP contribution in [0.2, 0.25) is 0 Å². The van der Waals surface area contributed by atoms with Crippen LogP contribution in [-0.4, -0.2) is 74.1 Å². The molecule has 23 heavy (non-hydrogen) atoms. The normalized spacial score (nSPS) is 14.4. The van der Waals surface area contributed by atoms with Gasteiger partial charge in [-0.05, 0) is 28.1 Å². The van der Waals surface area contributed by atoms with E-state index in [1.165, 1.54) is 18.0 Å². The first-order chi connectivity index (χ1) is 11.0. The molecule has 0 spiro atoms. The van der Waals surface area contributed by atoms with Gasteiger partial charge >= 0.3 is 5.97 Å². The van der Waals surface area contributed by atoms with E-state index in [0.29, 0.717) is 31.0 Å². The number of carbonyl (C=O) groups is 3. The molecule has 1 aromatic heterocycles. The topological polar surface area (TPSA) is 89.3 Å². The van der Waals surface area contributed by atoms with Crippen LogP contribution in [0.5, 0.6) is 0 Å². The van der Waals surface area contributed by atoms with Crippen molar-refractivity contribution in [3.05, 3.63) is 22.6 Å². The minimum atomic E-state index is -0.739. The number of rotatable bonds is 5. The van der Waals surface area contributed by atoms with E-state index in [0.717, 1.165) is 0 Å². The van der Waals surface area contributed by atoms with Crippen LogP contribution < -0.4 is 0 Å². The molecule has 2 heterocycles. The number of morpholine rings is 1. The third kappa shape index (κ3) is 5.07. The zero-order chi connectivity index (χ0) is 16.8. The van der Waals surface area contributed by atoms with Gasteiger partial charge < -0.3 is 23.7 Å². The molecular weight excluding hydrogens is 372 g/mol. The van der Waals surface area contributed by atoms with Gasteiger partial charge in [0.05, 0.1) is 19.8 Å². The van der Waals surface area contributed by atoms with Gasteiger partial charge in [0.25, 0.3) is 5.91 Å². The fourth-order valence-corrected chi connectivity index (χ4v) is 2.24. The fourth-order valence-electron chi connectivity index (χ4n) is 1.94. The van der Waals surface area contributed by atoms with Gasteiger partial charge in [0, 0.05) is 20.1 Å². The predicted octanol–water partition coefficient (Wildman–Crippen LogP) is 0.516. The standard InChI is InChI=1S/C14H17BrN2O6/c1-16(8-12(18)17-4-6-21-7-5-17)13(19)9-22-14(20)10-2-3-11(15)23-10/h2-3H,4-9H2,1H3. The first kappa shape index (κ1) is 17.5. The van der Waals surface area contributed by atoms with E-state index in [9.17, 15) is 14.4 Å². The highest BCUT2D eigenvalue weighted by Gasteiger charge is 2.21. The molecule has 8 nitrogen and oxygen atoms in total. The Kier molecular flexibility index (Phi) is 6.17. The zero-order valence-corrected chi connectivity index (χ0v) is 14.2. The summed E-state index contributed by atoms with van der Waals surface area (Å²) in [5.41, 5.74) is 0. The number of amides is 2. The summed E-state index contributed by atoms with van der Waals surface area (Å²) < 4.78 is 15.4. The van der Waals surface area contributed by atoms with Crippen molar-refractivity contribution >= 4 is 33.7 Å². The molecule has 1 saturated heterocycles. The van der Waals surface area contributed by atoms with Gasteiger partial charge in [-0.3, -0.25) is 9.59 Å². The molecule has 0 bridgehead atoms. The van der Waals surface area contributed by atoms with Crippen molar-refractivity contribution in [2.24, 2.45) is 0 Å². The molecule has 1 aromatic rings. The van der Waals surface area contributed by atoms with Crippen LogP contribution in [0.15, 0.2) is 21.2 Å². The number of furan rings is 1. The minimum Gasteiger partial charge on any atom is -0.450 e. The molecule has 1 aliphatic heterocycles. The van der Waals surface area contributed by atoms with Crippen LogP contribution in [0.1, 0.15) is 10.6 Å². The summed E-state index contributed by atoms with van der Waals surface area (Å²) in [6.45, 7) is 1.51. The smallest absolute Gasteiger partial charge is 0.374 e. The molecular formula is C14H17BrN2O6. The first-order valence-corrected chi connectivity index (χ1v) is 7.78. The third-order valence-electron chi connectivity index (χ3n) is 3.26. The summed E-state index contributed by atoms with van der Waals surface area (Å²) in [6, 6.07) is 2.98. The molecule has 1 aliphatic rings. The number of likely N-dealkylation sites (N-methyl/N-ethyl adjacent to an activating group) is 1.